The maximum absolute atomic E-state index is 13.9. The van der Waals surface area contributed by atoms with Gasteiger partial charge in [0.05, 0.1) is 12.7 Å². The van der Waals surface area contributed by atoms with Crippen molar-refractivity contribution in [3.05, 3.63) is 70.9 Å². The van der Waals surface area contributed by atoms with Crippen molar-refractivity contribution in [3.8, 4) is 17.6 Å². The van der Waals surface area contributed by atoms with E-state index in [0.717, 1.165) is 74.9 Å². The molecule has 2 saturated carbocycles. The molecule has 2 fully saturated rings. The predicted molar refractivity (Wildman–Crippen MR) is 161 cm³/mol. The van der Waals surface area contributed by atoms with Crippen LogP contribution in [-0.2, 0) is 4.79 Å². The number of allylic oxidation sites excluding steroid dienone is 1. The Labute approximate surface area is 234 Å². The van der Waals surface area contributed by atoms with Gasteiger partial charge in [-0.1, -0.05) is 49.3 Å². The molecular weight excluding hydrogens is 482 g/mol. The quantitative estimate of drug-likeness (QED) is 0.288. The number of amides is 1. The first-order chi connectivity index (χ1) is 19.0. The van der Waals surface area contributed by atoms with Crippen molar-refractivity contribution < 1.29 is 9.53 Å². The van der Waals surface area contributed by atoms with Crippen LogP contribution in [0.3, 0.4) is 0 Å². The molecule has 2 aromatic rings. The number of hydrogen-bond acceptors (Lipinski definition) is 4. The van der Waals surface area contributed by atoms with Gasteiger partial charge >= 0.3 is 0 Å². The lowest BCUT2D eigenvalue weighted by molar-refractivity contribution is -0.123. The largest absolute Gasteiger partial charge is 0.496 e. The van der Waals surface area contributed by atoms with Gasteiger partial charge in [0.25, 0.3) is 0 Å². The van der Waals surface area contributed by atoms with Crippen LogP contribution in [0.15, 0.2) is 54.2 Å². The van der Waals surface area contributed by atoms with E-state index in [-0.39, 0.29) is 11.8 Å². The Morgan fingerprint density at radius 2 is 1.85 bits per heavy atom. The fourth-order valence-corrected chi connectivity index (χ4v) is 6.15. The van der Waals surface area contributed by atoms with Gasteiger partial charge in [0, 0.05) is 43.2 Å². The third-order valence-corrected chi connectivity index (χ3v) is 8.36. The van der Waals surface area contributed by atoms with Crippen molar-refractivity contribution in [1.82, 2.24) is 5.32 Å². The van der Waals surface area contributed by atoms with Crippen LogP contribution in [0.4, 0.5) is 5.69 Å². The lowest BCUT2D eigenvalue weighted by Gasteiger charge is -2.35. The van der Waals surface area contributed by atoms with Crippen LogP contribution in [-0.4, -0.2) is 32.8 Å². The molecule has 39 heavy (non-hydrogen) atoms. The van der Waals surface area contributed by atoms with Gasteiger partial charge < -0.3 is 20.4 Å². The number of nitrogens with zero attached hydrogens (tertiary/aromatic N) is 1. The molecule has 5 nitrogen and oxygen atoms in total. The van der Waals surface area contributed by atoms with Gasteiger partial charge in [-0.15, -0.1) is 0 Å². The number of methoxy groups -OCH3 is 1. The molecule has 0 heterocycles. The van der Waals surface area contributed by atoms with E-state index in [9.17, 15) is 4.79 Å². The summed E-state index contributed by atoms with van der Waals surface area (Å²) in [7, 11) is 3.52. The number of carbonyl (C=O) groups is 1. The van der Waals surface area contributed by atoms with E-state index in [2.05, 4.69) is 53.2 Å². The summed E-state index contributed by atoms with van der Waals surface area (Å²) in [4.78, 5) is 16.0. The molecule has 0 bridgehead atoms. The number of anilines is 1. The average Bonchev–Trinajstić information content (AvgIpc) is 2.98. The summed E-state index contributed by atoms with van der Waals surface area (Å²) in [6.07, 6.45) is 13.0. The zero-order valence-electron chi connectivity index (χ0n) is 23.8. The molecule has 0 unspecified atom stereocenters. The Morgan fingerprint density at radius 3 is 2.51 bits per heavy atom. The summed E-state index contributed by atoms with van der Waals surface area (Å²) in [5.41, 5.74) is 5.01. The molecule has 0 aromatic heterocycles. The third kappa shape index (κ3) is 7.53. The molecule has 5 heteroatoms. The van der Waals surface area contributed by atoms with E-state index in [1.165, 1.54) is 23.8 Å². The van der Waals surface area contributed by atoms with Crippen LogP contribution in [0.5, 0.6) is 5.75 Å². The first-order valence-corrected chi connectivity index (χ1v) is 14.5. The SMILES string of the molecule is CN/C=C(/C#Cc1cccc(N(CC2CCC(c3ccc(OC)c(C)c3)CC2)C(=O)C2CCCCC2)c1)C=N. The predicted octanol–water partition coefficient (Wildman–Crippen LogP) is 7.00. The van der Waals surface area contributed by atoms with E-state index < -0.39 is 0 Å². The standard InChI is InChI=1S/C34H43N3O2/c1-25-20-31(18-19-33(25)39-3)29-16-14-27(15-17-29)24-37(34(38)30-9-5-4-6-10-30)32-11-7-8-26(21-32)12-13-28(22-35)23-36-2/h7-8,11,18-23,27,29-30,35-36H,4-6,9-10,14-17,24H2,1-3H3/b28-23-,35-22?. The summed E-state index contributed by atoms with van der Waals surface area (Å²) >= 11 is 0. The third-order valence-electron chi connectivity index (χ3n) is 8.36. The van der Waals surface area contributed by atoms with E-state index in [4.69, 9.17) is 10.1 Å². The number of rotatable bonds is 8. The number of ether oxygens (including phenoxy) is 1. The number of aryl methyl sites for hydroxylation is 1. The normalized spacial score (nSPS) is 19.9. The number of benzene rings is 2. The van der Waals surface area contributed by atoms with E-state index in [1.807, 2.05) is 18.2 Å². The van der Waals surface area contributed by atoms with Gasteiger partial charge in [-0.25, -0.2) is 0 Å². The monoisotopic (exact) mass is 525 g/mol. The Morgan fingerprint density at radius 1 is 1.08 bits per heavy atom. The Kier molecular flexibility index (Phi) is 10.3. The molecule has 0 radical (unpaired) electrons. The highest BCUT2D eigenvalue weighted by molar-refractivity contribution is 5.95. The summed E-state index contributed by atoms with van der Waals surface area (Å²) in [6.45, 7) is 2.89. The topological polar surface area (TPSA) is 65.4 Å². The van der Waals surface area contributed by atoms with E-state index in [0.29, 0.717) is 17.4 Å². The number of carbonyl (C=O) groups excluding carboxylic acids is 1. The fraction of sp³-hybridized carbons (Fsp3) is 0.471. The van der Waals surface area contributed by atoms with E-state index >= 15 is 0 Å². The number of nitrogens with one attached hydrogen (secondary N) is 2. The zero-order chi connectivity index (χ0) is 27.6. The molecule has 2 aliphatic rings. The molecular formula is C34H43N3O2. The maximum Gasteiger partial charge on any atom is 0.230 e. The minimum Gasteiger partial charge on any atom is -0.496 e. The highest BCUT2D eigenvalue weighted by Crippen LogP contribution is 2.38. The smallest absolute Gasteiger partial charge is 0.230 e. The van der Waals surface area contributed by atoms with Gasteiger partial charge in [0.15, 0.2) is 0 Å². The Balaban J connectivity index is 1.50. The van der Waals surface area contributed by atoms with Crippen molar-refractivity contribution in [2.24, 2.45) is 11.8 Å². The molecule has 0 atom stereocenters. The van der Waals surface area contributed by atoms with Gasteiger partial charge in [0.1, 0.15) is 5.75 Å². The van der Waals surface area contributed by atoms with Crippen LogP contribution < -0.4 is 15.0 Å². The van der Waals surface area contributed by atoms with E-state index in [1.54, 1.807) is 20.4 Å². The summed E-state index contributed by atoms with van der Waals surface area (Å²) in [6, 6.07) is 14.7. The van der Waals surface area contributed by atoms with Gasteiger partial charge in [-0.3, -0.25) is 4.79 Å². The fourth-order valence-electron chi connectivity index (χ4n) is 6.15. The lowest BCUT2D eigenvalue weighted by Crippen LogP contribution is -2.41. The molecule has 2 aromatic carbocycles. The Hall–Kier alpha value is -3.52. The van der Waals surface area contributed by atoms with Crippen LogP contribution in [0.2, 0.25) is 0 Å². The highest BCUT2D eigenvalue weighted by Gasteiger charge is 2.31. The molecule has 0 saturated heterocycles. The molecule has 0 aliphatic heterocycles. The average molecular weight is 526 g/mol. The second kappa shape index (κ2) is 14.0. The maximum atomic E-state index is 13.9. The van der Waals surface area contributed by atoms with Crippen LogP contribution in [0.1, 0.15) is 80.4 Å². The molecule has 2 N–H and O–H groups in total. The molecule has 1 amide bonds. The molecule has 4 rings (SSSR count). The summed E-state index contributed by atoms with van der Waals surface area (Å²) in [5.74, 6) is 8.64. The van der Waals surface area contributed by atoms with Gasteiger partial charge in [-0.2, -0.15) is 0 Å². The van der Waals surface area contributed by atoms with Crippen molar-refractivity contribution in [2.75, 3.05) is 25.6 Å². The number of hydrogen-bond donors (Lipinski definition) is 2. The van der Waals surface area contributed by atoms with Crippen LogP contribution in [0, 0.1) is 36.0 Å². The van der Waals surface area contributed by atoms with Crippen molar-refractivity contribution in [1.29, 1.82) is 5.41 Å². The van der Waals surface area contributed by atoms with Gasteiger partial charge in [0.2, 0.25) is 5.91 Å². The van der Waals surface area contributed by atoms with Crippen LogP contribution >= 0.6 is 0 Å². The molecule has 2 aliphatic carbocycles. The first-order valence-electron chi connectivity index (χ1n) is 14.5. The molecule has 206 valence electrons. The second-order valence-electron chi connectivity index (χ2n) is 11.1. The van der Waals surface area contributed by atoms with Crippen molar-refractivity contribution in [3.63, 3.8) is 0 Å². The second-order valence-corrected chi connectivity index (χ2v) is 11.1. The Bertz CT molecular complexity index is 1220. The zero-order valence-corrected chi connectivity index (χ0v) is 23.8. The highest BCUT2D eigenvalue weighted by atomic mass is 16.5. The van der Waals surface area contributed by atoms with Gasteiger partial charge in [-0.05, 0) is 92.7 Å². The summed E-state index contributed by atoms with van der Waals surface area (Å²) in [5, 5.41) is 10.5. The first kappa shape index (κ1) is 28.5. The van der Waals surface area contributed by atoms with Crippen molar-refractivity contribution in [2.45, 2.75) is 70.6 Å². The summed E-state index contributed by atoms with van der Waals surface area (Å²) < 4.78 is 5.45. The lowest BCUT2D eigenvalue weighted by atomic mass is 9.78. The van der Waals surface area contributed by atoms with Crippen molar-refractivity contribution >= 4 is 17.8 Å². The minimum atomic E-state index is 0.121. The van der Waals surface area contributed by atoms with Crippen LogP contribution in [0.25, 0.3) is 0 Å². The molecule has 0 spiro atoms. The minimum absolute atomic E-state index is 0.121.